The zero-order chi connectivity index (χ0) is 15.6. The van der Waals surface area contributed by atoms with Gasteiger partial charge in [-0.1, -0.05) is 24.3 Å². The molecule has 1 nitrogen and oxygen atoms in total. The van der Waals surface area contributed by atoms with E-state index in [-0.39, 0.29) is 6.04 Å². The van der Waals surface area contributed by atoms with Crippen LogP contribution in [0.15, 0.2) is 42.5 Å². The molecule has 1 atom stereocenters. The monoisotopic (exact) mass is 293 g/mol. The standard InChI is InChI=1S/C17H18F3N/c1-11-9-15(17(18,19)20)7-8-16(11)14-6-4-5-13(10-14)12(2)21-3/h4-10,12,21H,1-3H3. The first-order valence-electron chi connectivity index (χ1n) is 6.78. The molecule has 0 heterocycles. The molecule has 2 aromatic carbocycles. The summed E-state index contributed by atoms with van der Waals surface area (Å²) >= 11 is 0. The zero-order valence-corrected chi connectivity index (χ0v) is 12.3. The number of aryl methyl sites for hydroxylation is 1. The molecule has 0 bridgehead atoms. The van der Waals surface area contributed by atoms with Gasteiger partial charge in [-0.2, -0.15) is 13.2 Å². The molecular formula is C17H18F3N. The highest BCUT2D eigenvalue weighted by atomic mass is 19.4. The van der Waals surface area contributed by atoms with Gasteiger partial charge in [-0.3, -0.25) is 0 Å². The van der Waals surface area contributed by atoms with E-state index in [9.17, 15) is 13.2 Å². The van der Waals surface area contributed by atoms with Crippen molar-refractivity contribution in [2.24, 2.45) is 0 Å². The van der Waals surface area contributed by atoms with Gasteiger partial charge in [-0.05, 0) is 61.3 Å². The minimum atomic E-state index is -4.30. The van der Waals surface area contributed by atoms with Crippen LogP contribution in [0.5, 0.6) is 0 Å². The number of halogens is 3. The molecule has 0 aliphatic rings. The molecule has 1 unspecified atom stereocenters. The lowest BCUT2D eigenvalue weighted by molar-refractivity contribution is -0.137. The van der Waals surface area contributed by atoms with E-state index in [0.717, 1.165) is 22.8 Å². The fraction of sp³-hybridized carbons (Fsp3) is 0.294. The lowest BCUT2D eigenvalue weighted by atomic mass is 9.95. The Morgan fingerprint density at radius 2 is 1.76 bits per heavy atom. The van der Waals surface area contributed by atoms with Crippen molar-refractivity contribution in [3.63, 3.8) is 0 Å². The van der Waals surface area contributed by atoms with Crippen LogP contribution in [-0.4, -0.2) is 7.05 Å². The average Bonchev–Trinajstić information content (AvgIpc) is 2.45. The third kappa shape index (κ3) is 3.45. The minimum absolute atomic E-state index is 0.194. The van der Waals surface area contributed by atoms with E-state index in [2.05, 4.69) is 5.32 Å². The summed E-state index contributed by atoms with van der Waals surface area (Å²) in [7, 11) is 1.88. The molecule has 0 spiro atoms. The van der Waals surface area contributed by atoms with E-state index < -0.39 is 11.7 Å². The Morgan fingerprint density at radius 1 is 1.05 bits per heavy atom. The summed E-state index contributed by atoms with van der Waals surface area (Å²) in [6, 6.07) is 11.9. The van der Waals surface area contributed by atoms with Gasteiger partial charge in [0, 0.05) is 6.04 Å². The molecule has 2 aromatic rings. The van der Waals surface area contributed by atoms with Gasteiger partial charge in [0.15, 0.2) is 0 Å². The molecule has 0 aliphatic carbocycles. The first-order valence-corrected chi connectivity index (χ1v) is 6.78. The Labute approximate surface area is 122 Å². The Morgan fingerprint density at radius 3 is 2.33 bits per heavy atom. The smallest absolute Gasteiger partial charge is 0.313 e. The van der Waals surface area contributed by atoms with Gasteiger partial charge in [0.05, 0.1) is 5.56 Å². The van der Waals surface area contributed by atoms with Crippen molar-refractivity contribution in [3.8, 4) is 11.1 Å². The molecule has 0 fully saturated rings. The molecule has 21 heavy (non-hydrogen) atoms. The molecule has 0 aliphatic heterocycles. The number of rotatable bonds is 3. The fourth-order valence-electron chi connectivity index (χ4n) is 2.31. The molecule has 0 amide bonds. The van der Waals surface area contributed by atoms with E-state index >= 15 is 0 Å². The lowest BCUT2D eigenvalue weighted by Gasteiger charge is -2.14. The van der Waals surface area contributed by atoms with E-state index in [1.54, 1.807) is 13.0 Å². The van der Waals surface area contributed by atoms with Crippen molar-refractivity contribution in [2.45, 2.75) is 26.1 Å². The molecule has 4 heteroatoms. The van der Waals surface area contributed by atoms with Crippen LogP contribution in [0.1, 0.15) is 29.7 Å². The first kappa shape index (κ1) is 15.6. The van der Waals surface area contributed by atoms with Gasteiger partial charge in [-0.15, -0.1) is 0 Å². The summed E-state index contributed by atoms with van der Waals surface area (Å²) in [5.74, 6) is 0. The Kier molecular flexibility index (Phi) is 4.37. The molecule has 0 saturated heterocycles. The highest BCUT2D eigenvalue weighted by molar-refractivity contribution is 5.68. The molecule has 2 rings (SSSR count). The zero-order valence-electron chi connectivity index (χ0n) is 12.3. The van der Waals surface area contributed by atoms with Crippen LogP contribution < -0.4 is 5.32 Å². The van der Waals surface area contributed by atoms with Gasteiger partial charge in [0.25, 0.3) is 0 Å². The molecule has 0 saturated carbocycles. The summed E-state index contributed by atoms with van der Waals surface area (Å²) in [6.45, 7) is 3.75. The normalized spacial score (nSPS) is 13.2. The van der Waals surface area contributed by atoms with Crippen LogP contribution in [0.25, 0.3) is 11.1 Å². The van der Waals surface area contributed by atoms with Crippen LogP contribution in [0.3, 0.4) is 0 Å². The van der Waals surface area contributed by atoms with Crippen LogP contribution in [0, 0.1) is 6.92 Å². The predicted octanol–water partition coefficient (Wildman–Crippen LogP) is 4.96. The molecule has 0 aromatic heterocycles. The summed E-state index contributed by atoms with van der Waals surface area (Å²) < 4.78 is 38.1. The number of nitrogens with one attached hydrogen (secondary N) is 1. The molecule has 0 radical (unpaired) electrons. The van der Waals surface area contributed by atoms with Gasteiger partial charge in [0.1, 0.15) is 0 Å². The molecule has 1 N–H and O–H groups in total. The van der Waals surface area contributed by atoms with Crippen LogP contribution >= 0.6 is 0 Å². The second kappa shape index (κ2) is 5.90. The number of hydrogen-bond acceptors (Lipinski definition) is 1. The number of hydrogen-bond donors (Lipinski definition) is 1. The van der Waals surface area contributed by atoms with E-state index in [4.69, 9.17) is 0 Å². The maximum absolute atomic E-state index is 12.7. The molecular weight excluding hydrogens is 275 g/mol. The topological polar surface area (TPSA) is 12.0 Å². The second-order valence-electron chi connectivity index (χ2n) is 5.16. The SMILES string of the molecule is CNC(C)c1cccc(-c2ccc(C(F)(F)F)cc2C)c1. The quantitative estimate of drug-likeness (QED) is 0.843. The van der Waals surface area contributed by atoms with Crippen molar-refractivity contribution in [1.82, 2.24) is 5.32 Å². The van der Waals surface area contributed by atoms with Crippen molar-refractivity contribution < 1.29 is 13.2 Å². The van der Waals surface area contributed by atoms with E-state index in [1.165, 1.54) is 6.07 Å². The molecule has 112 valence electrons. The second-order valence-corrected chi connectivity index (χ2v) is 5.16. The lowest BCUT2D eigenvalue weighted by Crippen LogP contribution is -2.12. The third-order valence-electron chi connectivity index (χ3n) is 3.68. The number of benzene rings is 2. The first-order chi connectivity index (χ1) is 9.82. The summed E-state index contributed by atoms with van der Waals surface area (Å²) in [6.07, 6.45) is -4.30. The van der Waals surface area contributed by atoms with Crippen molar-refractivity contribution in [3.05, 3.63) is 59.2 Å². The Bertz CT molecular complexity index is 632. The summed E-state index contributed by atoms with van der Waals surface area (Å²) in [5, 5.41) is 3.15. The van der Waals surface area contributed by atoms with Gasteiger partial charge in [-0.25, -0.2) is 0 Å². The van der Waals surface area contributed by atoms with Crippen LogP contribution in [0.2, 0.25) is 0 Å². The predicted molar refractivity (Wildman–Crippen MR) is 79.1 cm³/mol. The van der Waals surface area contributed by atoms with Crippen LogP contribution in [0.4, 0.5) is 13.2 Å². The largest absolute Gasteiger partial charge is 0.416 e. The van der Waals surface area contributed by atoms with E-state index in [0.29, 0.717) is 5.56 Å². The average molecular weight is 293 g/mol. The van der Waals surface area contributed by atoms with Gasteiger partial charge >= 0.3 is 6.18 Å². The van der Waals surface area contributed by atoms with Crippen molar-refractivity contribution >= 4 is 0 Å². The maximum Gasteiger partial charge on any atom is 0.416 e. The van der Waals surface area contributed by atoms with Crippen molar-refractivity contribution in [1.29, 1.82) is 0 Å². The summed E-state index contributed by atoms with van der Waals surface area (Å²) in [5.41, 5.74) is 2.88. The highest BCUT2D eigenvalue weighted by Crippen LogP contribution is 2.33. The third-order valence-corrected chi connectivity index (χ3v) is 3.68. The number of alkyl halides is 3. The van der Waals surface area contributed by atoms with Gasteiger partial charge < -0.3 is 5.32 Å². The Balaban J connectivity index is 2.43. The van der Waals surface area contributed by atoms with Gasteiger partial charge in [0.2, 0.25) is 0 Å². The van der Waals surface area contributed by atoms with Crippen molar-refractivity contribution in [2.75, 3.05) is 7.05 Å². The highest BCUT2D eigenvalue weighted by Gasteiger charge is 2.30. The Hall–Kier alpha value is -1.81. The summed E-state index contributed by atoms with van der Waals surface area (Å²) in [4.78, 5) is 0. The van der Waals surface area contributed by atoms with Crippen LogP contribution in [-0.2, 0) is 6.18 Å². The van der Waals surface area contributed by atoms with E-state index in [1.807, 2.05) is 38.2 Å². The fourth-order valence-corrected chi connectivity index (χ4v) is 2.31. The maximum atomic E-state index is 12.7. The minimum Gasteiger partial charge on any atom is -0.313 e.